The van der Waals surface area contributed by atoms with E-state index in [-0.39, 0.29) is 6.42 Å². The second-order valence-corrected chi connectivity index (χ2v) is 3.70. The van der Waals surface area contributed by atoms with Crippen molar-refractivity contribution in [3.8, 4) is 0 Å². The summed E-state index contributed by atoms with van der Waals surface area (Å²) in [5.74, 6) is -3.55. The van der Waals surface area contributed by atoms with Gasteiger partial charge in [-0.1, -0.05) is 0 Å². The smallest absolute Gasteiger partial charge is 0.326 e. The summed E-state index contributed by atoms with van der Waals surface area (Å²) in [5, 5.41) is 26.3. The number of carbonyl (C=O) groups is 3. The lowest BCUT2D eigenvalue weighted by Crippen LogP contribution is -2.50. The van der Waals surface area contributed by atoms with Crippen LogP contribution in [0.15, 0.2) is 0 Å². The van der Waals surface area contributed by atoms with Crippen LogP contribution in [-0.4, -0.2) is 62.8 Å². The van der Waals surface area contributed by atoms with Crippen LogP contribution in [-0.2, 0) is 14.4 Å². The summed E-state index contributed by atoms with van der Waals surface area (Å²) in [5.41, 5.74) is 3.70. The maximum Gasteiger partial charge on any atom is 0.326 e. The first-order valence-electron chi connectivity index (χ1n) is 4.47. The fourth-order valence-electron chi connectivity index (χ4n) is 1.66. The Bertz CT molecular complexity index is 343. The highest BCUT2D eigenvalue weighted by Crippen LogP contribution is 2.25. The molecule has 1 heterocycles. The maximum absolute atomic E-state index is 11.2. The molecule has 1 rings (SSSR count). The van der Waals surface area contributed by atoms with Gasteiger partial charge in [0.15, 0.2) is 0 Å². The van der Waals surface area contributed by atoms with E-state index in [9.17, 15) is 14.4 Å². The van der Waals surface area contributed by atoms with Crippen molar-refractivity contribution >= 4 is 17.8 Å². The van der Waals surface area contributed by atoms with Gasteiger partial charge < -0.3 is 26.0 Å². The number of nitrogens with two attached hydrogens (primary N) is 1. The van der Waals surface area contributed by atoms with Crippen LogP contribution in [0.25, 0.3) is 0 Å². The molecule has 90 valence electrons. The molecule has 0 spiro atoms. The first-order chi connectivity index (χ1) is 7.31. The number of likely N-dealkylation sites (tertiary alicyclic amines) is 1. The topological polar surface area (TPSA) is 141 Å². The number of aliphatic carboxylic acids is 2. The molecule has 1 fully saturated rings. The van der Waals surface area contributed by atoms with Gasteiger partial charge in [-0.25, -0.2) is 4.79 Å². The van der Waals surface area contributed by atoms with Gasteiger partial charge in [0.05, 0.1) is 6.54 Å². The third-order valence-corrected chi connectivity index (χ3v) is 2.55. The second kappa shape index (κ2) is 4.06. The lowest BCUT2D eigenvalue weighted by Gasteiger charge is -2.20. The number of amides is 1. The van der Waals surface area contributed by atoms with Crippen molar-refractivity contribution in [2.75, 3.05) is 13.2 Å². The average Bonchev–Trinajstić information content (AvgIpc) is 2.57. The number of carboxylic acids is 2. The minimum absolute atomic E-state index is 0.372. The van der Waals surface area contributed by atoms with Crippen LogP contribution in [0.1, 0.15) is 6.42 Å². The molecule has 16 heavy (non-hydrogen) atoms. The van der Waals surface area contributed by atoms with Crippen molar-refractivity contribution in [1.82, 2.24) is 4.90 Å². The summed E-state index contributed by atoms with van der Waals surface area (Å²) in [6, 6.07) is -1.30. The molecule has 0 aromatic heterocycles. The third kappa shape index (κ3) is 1.97. The normalized spacial score (nSPS) is 29.1. The molecule has 1 aliphatic heterocycles. The highest BCUT2D eigenvalue weighted by Gasteiger charge is 2.51. The molecule has 0 unspecified atom stereocenters. The summed E-state index contributed by atoms with van der Waals surface area (Å²) >= 11 is 0. The number of carboxylic acid groups (broad SMARTS) is 2. The van der Waals surface area contributed by atoms with E-state index in [0.717, 1.165) is 4.90 Å². The monoisotopic (exact) mass is 232 g/mol. The highest BCUT2D eigenvalue weighted by atomic mass is 16.4. The number of hydrogen-bond acceptors (Lipinski definition) is 5. The van der Waals surface area contributed by atoms with E-state index in [1.54, 1.807) is 0 Å². The molecule has 1 amide bonds. The van der Waals surface area contributed by atoms with Crippen molar-refractivity contribution in [3.05, 3.63) is 0 Å². The molecule has 0 aliphatic carbocycles. The van der Waals surface area contributed by atoms with Gasteiger partial charge in [-0.2, -0.15) is 0 Å². The zero-order valence-corrected chi connectivity index (χ0v) is 8.29. The summed E-state index contributed by atoms with van der Waals surface area (Å²) < 4.78 is 0. The molecule has 0 bridgehead atoms. The van der Waals surface area contributed by atoms with Crippen LogP contribution >= 0.6 is 0 Å². The quantitative estimate of drug-likeness (QED) is 0.419. The van der Waals surface area contributed by atoms with E-state index in [0.29, 0.717) is 0 Å². The van der Waals surface area contributed by atoms with Crippen molar-refractivity contribution in [3.63, 3.8) is 0 Å². The zero-order valence-electron chi connectivity index (χ0n) is 8.29. The van der Waals surface area contributed by atoms with Crippen LogP contribution in [0.4, 0.5) is 0 Å². The molecule has 8 heteroatoms. The number of hydrogen-bond donors (Lipinski definition) is 4. The summed E-state index contributed by atoms with van der Waals surface area (Å²) in [6.07, 6.45) is -0.372. The largest absolute Gasteiger partial charge is 0.480 e. The van der Waals surface area contributed by atoms with Crippen molar-refractivity contribution in [2.45, 2.75) is 18.0 Å². The van der Waals surface area contributed by atoms with Gasteiger partial charge in [0.2, 0.25) is 5.91 Å². The highest BCUT2D eigenvalue weighted by molar-refractivity contribution is 5.89. The Morgan fingerprint density at radius 3 is 2.31 bits per heavy atom. The van der Waals surface area contributed by atoms with Crippen LogP contribution in [0.3, 0.4) is 0 Å². The van der Waals surface area contributed by atoms with E-state index in [1.165, 1.54) is 0 Å². The second-order valence-electron chi connectivity index (χ2n) is 3.70. The Morgan fingerprint density at radius 1 is 1.38 bits per heavy atom. The molecule has 0 aromatic carbocycles. The molecular formula is C8H12N2O6. The molecule has 8 nitrogen and oxygen atoms in total. The van der Waals surface area contributed by atoms with Crippen LogP contribution in [0.5, 0.6) is 0 Å². The van der Waals surface area contributed by atoms with E-state index in [2.05, 4.69) is 0 Å². The standard InChI is InChI=1S/C8H12N2O6/c9-8(7(15)16)1-4(6(13)14)10(3-8)5(12)2-11/h4,11H,1-3,9H2,(H,13,14)(H,15,16)/t4-,8-/m0/s1. The van der Waals surface area contributed by atoms with E-state index in [1.807, 2.05) is 0 Å². The van der Waals surface area contributed by atoms with E-state index < -0.39 is 42.6 Å². The Morgan fingerprint density at radius 2 is 1.94 bits per heavy atom. The first kappa shape index (κ1) is 12.4. The molecule has 5 N–H and O–H groups in total. The van der Waals surface area contributed by atoms with Gasteiger partial charge in [-0.3, -0.25) is 9.59 Å². The lowest BCUT2D eigenvalue weighted by atomic mass is 9.98. The van der Waals surface area contributed by atoms with Gasteiger partial charge in [-0.05, 0) is 0 Å². The summed E-state index contributed by atoms with van der Waals surface area (Å²) in [4.78, 5) is 33.6. The zero-order chi connectivity index (χ0) is 12.5. The number of aliphatic hydroxyl groups excluding tert-OH is 1. The molecule has 0 aromatic rings. The van der Waals surface area contributed by atoms with Gasteiger partial charge in [-0.15, -0.1) is 0 Å². The Labute approximate surface area is 90.3 Å². The van der Waals surface area contributed by atoms with E-state index in [4.69, 9.17) is 21.1 Å². The van der Waals surface area contributed by atoms with Gasteiger partial charge in [0.1, 0.15) is 18.2 Å². The van der Waals surface area contributed by atoms with Gasteiger partial charge >= 0.3 is 11.9 Å². The molecule has 1 aliphatic rings. The molecule has 0 radical (unpaired) electrons. The van der Waals surface area contributed by atoms with Crippen LogP contribution in [0, 0.1) is 0 Å². The minimum Gasteiger partial charge on any atom is -0.480 e. The fourth-order valence-corrected chi connectivity index (χ4v) is 1.66. The average molecular weight is 232 g/mol. The Kier molecular flexibility index (Phi) is 3.15. The number of rotatable bonds is 3. The fraction of sp³-hybridized carbons (Fsp3) is 0.625. The van der Waals surface area contributed by atoms with Crippen molar-refractivity contribution in [2.24, 2.45) is 5.73 Å². The first-order valence-corrected chi connectivity index (χ1v) is 4.47. The Hall–Kier alpha value is -1.67. The molecule has 0 saturated carbocycles. The van der Waals surface area contributed by atoms with Crippen LogP contribution in [0.2, 0.25) is 0 Å². The lowest BCUT2D eigenvalue weighted by molar-refractivity contribution is -0.149. The predicted octanol–water partition coefficient (Wildman–Crippen LogP) is -2.55. The summed E-state index contributed by atoms with van der Waals surface area (Å²) in [7, 11) is 0. The van der Waals surface area contributed by atoms with E-state index >= 15 is 0 Å². The number of carbonyl (C=O) groups excluding carboxylic acids is 1. The van der Waals surface area contributed by atoms with Crippen LogP contribution < -0.4 is 5.73 Å². The molecular weight excluding hydrogens is 220 g/mol. The molecule has 1 saturated heterocycles. The maximum atomic E-state index is 11.2. The SMILES string of the molecule is N[C@@]1(C(=O)O)C[C@@H](C(=O)O)N(C(=O)CO)C1. The van der Waals surface area contributed by atoms with Gasteiger partial charge in [0.25, 0.3) is 0 Å². The van der Waals surface area contributed by atoms with Gasteiger partial charge in [0, 0.05) is 6.42 Å². The van der Waals surface area contributed by atoms with Crippen molar-refractivity contribution in [1.29, 1.82) is 0 Å². The predicted molar refractivity (Wildman–Crippen MR) is 49.4 cm³/mol. The number of aliphatic hydroxyl groups is 1. The summed E-state index contributed by atoms with van der Waals surface area (Å²) in [6.45, 7) is -1.29. The third-order valence-electron chi connectivity index (χ3n) is 2.55. The number of nitrogens with zero attached hydrogens (tertiary/aromatic N) is 1. The minimum atomic E-state index is -1.77. The van der Waals surface area contributed by atoms with Crippen molar-refractivity contribution < 1.29 is 29.7 Å². The molecule has 2 atom stereocenters. The Balaban J connectivity index is 2.97.